The molecule has 7 heteroatoms. The summed E-state index contributed by atoms with van der Waals surface area (Å²) in [5.74, 6) is 1.94. The van der Waals surface area contributed by atoms with Crippen LogP contribution in [0.25, 0.3) is 0 Å². The van der Waals surface area contributed by atoms with Gasteiger partial charge in [0.15, 0.2) is 0 Å². The van der Waals surface area contributed by atoms with Crippen LogP contribution in [0.2, 0.25) is 10.0 Å². The van der Waals surface area contributed by atoms with Crippen LogP contribution >= 0.6 is 35.0 Å². The Bertz CT molecular complexity index is 760. The van der Waals surface area contributed by atoms with Gasteiger partial charge in [-0.15, -0.1) is 11.8 Å². The van der Waals surface area contributed by atoms with Gasteiger partial charge in [-0.1, -0.05) is 43.1 Å². The van der Waals surface area contributed by atoms with Crippen LogP contribution in [0.1, 0.15) is 25.0 Å². The number of hydrogen-bond acceptors (Lipinski definition) is 4. The van der Waals surface area contributed by atoms with Gasteiger partial charge in [0.1, 0.15) is 5.75 Å². The summed E-state index contributed by atoms with van der Waals surface area (Å²) in [4.78, 5) is 11.9. The fourth-order valence-corrected chi connectivity index (χ4v) is 3.60. The second-order valence-electron chi connectivity index (χ2n) is 6.26. The maximum Gasteiger partial charge on any atom is 0.250 e. The molecule has 144 valence electrons. The number of benzene rings is 2. The minimum Gasteiger partial charge on any atom is -0.493 e. The first-order valence-electron chi connectivity index (χ1n) is 8.51. The third-order valence-corrected chi connectivity index (χ3v) is 5.07. The Kier molecular flexibility index (Phi) is 8.98. The molecule has 2 aromatic rings. The van der Waals surface area contributed by atoms with Crippen molar-refractivity contribution in [2.24, 2.45) is 11.0 Å². The molecule has 0 fully saturated rings. The highest BCUT2D eigenvalue weighted by Crippen LogP contribution is 2.28. The molecule has 0 unspecified atom stereocenters. The van der Waals surface area contributed by atoms with E-state index in [1.807, 2.05) is 24.3 Å². The third kappa shape index (κ3) is 7.83. The van der Waals surface area contributed by atoms with Crippen LogP contribution in [0.5, 0.6) is 5.75 Å². The van der Waals surface area contributed by atoms with Crippen molar-refractivity contribution in [3.63, 3.8) is 0 Å². The average Bonchev–Trinajstić information content (AvgIpc) is 2.63. The van der Waals surface area contributed by atoms with Gasteiger partial charge in [0.2, 0.25) is 5.91 Å². The van der Waals surface area contributed by atoms with Crippen molar-refractivity contribution < 1.29 is 9.53 Å². The van der Waals surface area contributed by atoms with Gasteiger partial charge in [-0.05, 0) is 53.4 Å². The summed E-state index contributed by atoms with van der Waals surface area (Å²) in [5.41, 5.74) is 4.23. The molecule has 0 aliphatic carbocycles. The lowest BCUT2D eigenvalue weighted by Crippen LogP contribution is -2.19. The van der Waals surface area contributed by atoms with E-state index in [1.165, 1.54) is 11.8 Å². The maximum atomic E-state index is 11.9. The summed E-state index contributed by atoms with van der Waals surface area (Å²) < 4.78 is 5.63. The molecular weight excluding hydrogens is 403 g/mol. The first-order chi connectivity index (χ1) is 13.0. The molecule has 0 atom stereocenters. The Balaban J connectivity index is 1.73. The topological polar surface area (TPSA) is 50.7 Å². The van der Waals surface area contributed by atoms with Crippen molar-refractivity contribution in [2.75, 3.05) is 12.4 Å². The van der Waals surface area contributed by atoms with Crippen molar-refractivity contribution in [1.82, 2.24) is 5.43 Å². The van der Waals surface area contributed by atoms with E-state index in [9.17, 15) is 4.79 Å². The standard InChI is InChI=1S/C20H22Cl2N2O2S/c1-14(2)11-26-16-8-6-15(7-9-16)10-23-24-20(25)13-27-12-17-18(21)4-3-5-19(17)22/h3-10,14H,11-13H2,1-2H3,(H,24,25)/b23-10-. The fourth-order valence-electron chi connectivity index (χ4n) is 2.04. The number of amides is 1. The van der Waals surface area contributed by atoms with Crippen molar-refractivity contribution >= 4 is 47.1 Å². The minimum atomic E-state index is -0.184. The number of carbonyl (C=O) groups is 1. The molecule has 2 aromatic carbocycles. The second-order valence-corrected chi connectivity index (χ2v) is 8.06. The molecule has 0 saturated heterocycles. The van der Waals surface area contributed by atoms with E-state index in [0.717, 1.165) is 16.9 Å². The Hall–Kier alpha value is -1.69. The van der Waals surface area contributed by atoms with Gasteiger partial charge in [-0.2, -0.15) is 5.10 Å². The second kappa shape index (κ2) is 11.2. The smallest absolute Gasteiger partial charge is 0.250 e. The summed E-state index contributed by atoms with van der Waals surface area (Å²) in [6.07, 6.45) is 1.60. The van der Waals surface area contributed by atoms with Gasteiger partial charge in [-0.3, -0.25) is 4.79 Å². The number of rotatable bonds is 9. The summed E-state index contributed by atoms with van der Waals surface area (Å²) in [6.45, 7) is 4.89. The van der Waals surface area contributed by atoms with Gasteiger partial charge < -0.3 is 4.74 Å². The Morgan fingerprint density at radius 3 is 2.48 bits per heavy atom. The largest absolute Gasteiger partial charge is 0.493 e. The molecule has 0 aliphatic heterocycles. The van der Waals surface area contributed by atoms with Crippen molar-refractivity contribution in [3.05, 3.63) is 63.6 Å². The molecule has 0 aromatic heterocycles. The van der Waals surface area contributed by atoms with Gasteiger partial charge in [-0.25, -0.2) is 5.43 Å². The highest BCUT2D eigenvalue weighted by molar-refractivity contribution is 7.99. The molecule has 0 aliphatic rings. The quantitative estimate of drug-likeness (QED) is 0.432. The van der Waals surface area contributed by atoms with E-state index in [4.69, 9.17) is 27.9 Å². The summed E-state index contributed by atoms with van der Waals surface area (Å²) in [5, 5.41) is 5.19. The van der Waals surface area contributed by atoms with Crippen LogP contribution in [-0.2, 0) is 10.5 Å². The molecule has 0 spiro atoms. The number of thioether (sulfide) groups is 1. The van der Waals surface area contributed by atoms with E-state index in [2.05, 4.69) is 24.4 Å². The number of hydrazone groups is 1. The lowest BCUT2D eigenvalue weighted by molar-refractivity contribution is -0.118. The minimum absolute atomic E-state index is 0.184. The highest BCUT2D eigenvalue weighted by Gasteiger charge is 2.07. The molecule has 4 nitrogen and oxygen atoms in total. The monoisotopic (exact) mass is 424 g/mol. The average molecular weight is 425 g/mol. The van der Waals surface area contributed by atoms with Gasteiger partial charge >= 0.3 is 0 Å². The normalized spacial score (nSPS) is 11.1. The molecule has 1 amide bonds. The number of nitrogens with one attached hydrogen (secondary N) is 1. The van der Waals surface area contributed by atoms with E-state index >= 15 is 0 Å². The number of ether oxygens (including phenoxy) is 1. The number of carbonyl (C=O) groups excluding carboxylic acids is 1. The van der Waals surface area contributed by atoms with Crippen LogP contribution < -0.4 is 10.2 Å². The van der Waals surface area contributed by atoms with Crippen molar-refractivity contribution in [2.45, 2.75) is 19.6 Å². The summed E-state index contributed by atoms with van der Waals surface area (Å²) in [7, 11) is 0. The van der Waals surface area contributed by atoms with Crippen LogP contribution in [0, 0.1) is 5.92 Å². The van der Waals surface area contributed by atoms with Crippen LogP contribution in [0.15, 0.2) is 47.6 Å². The lowest BCUT2D eigenvalue weighted by Gasteiger charge is -2.08. The van der Waals surface area contributed by atoms with Crippen LogP contribution in [0.3, 0.4) is 0 Å². The zero-order valence-electron chi connectivity index (χ0n) is 15.2. The zero-order chi connectivity index (χ0) is 19.6. The lowest BCUT2D eigenvalue weighted by atomic mass is 10.2. The molecule has 0 radical (unpaired) electrons. The molecule has 27 heavy (non-hydrogen) atoms. The van der Waals surface area contributed by atoms with Crippen molar-refractivity contribution in [3.8, 4) is 5.75 Å². The van der Waals surface area contributed by atoms with E-state index in [1.54, 1.807) is 24.4 Å². The van der Waals surface area contributed by atoms with Crippen LogP contribution in [0.4, 0.5) is 0 Å². The maximum absolute atomic E-state index is 11.9. The molecule has 0 saturated carbocycles. The molecular formula is C20H22Cl2N2O2S. The first kappa shape index (κ1) is 21.6. The third-order valence-electron chi connectivity index (χ3n) is 3.41. The Morgan fingerprint density at radius 2 is 1.85 bits per heavy atom. The SMILES string of the molecule is CC(C)COc1ccc(/C=N\NC(=O)CSCc2c(Cl)cccc2Cl)cc1. The van der Waals surface area contributed by atoms with Crippen LogP contribution in [-0.4, -0.2) is 24.5 Å². The number of halogens is 2. The number of hydrogen-bond donors (Lipinski definition) is 1. The van der Waals surface area contributed by atoms with E-state index in [0.29, 0.717) is 28.3 Å². The molecule has 0 heterocycles. The zero-order valence-corrected chi connectivity index (χ0v) is 17.6. The molecule has 2 rings (SSSR count). The van der Waals surface area contributed by atoms with E-state index < -0.39 is 0 Å². The van der Waals surface area contributed by atoms with Gasteiger partial charge in [0.25, 0.3) is 0 Å². The number of nitrogens with zero attached hydrogens (tertiary/aromatic N) is 1. The Morgan fingerprint density at radius 1 is 1.19 bits per heavy atom. The van der Waals surface area contributed by atoms with Gasteiger partial charge in [0.05, 0.1) is 18.6 Å². The predicted molar refractivity (Wildman–Crippen MR) is 115 cm³/mol. The van der Waals surface area contributed by atoms with Crippen molar-refractivity contribution in [1.29, 1.82) is 0 Å². The molecule has 1 N–H and O–H groups in total. The highest BCUT2D eigenvalue weighted by atomic mass is 35.5. The fraction of sp³-hybridized carbons (Fsp3) is 0.300. The Labute approximate surface area is 174 Å². The predicted octanol–water partition coefficient (Wildman–Crippen LogP) is 5.41. The summed E-state index contributed by atoms with van der Waals surface area (Å²) in [6, 6.07) is 12.9. The first-order valence-corrected chi connectivity index (χ1v) is 10.4. The molecule has 0 bridgehead atoms. The van der Waals surface area contributed by atoms with E-state index in [-0.39, 0.29) is 11.7 Å². The summed E-state index contributed by atoms with van der Waals surface area (Å²) >= 11 is 13.7. The van der Waals surface area contributed by atoms with Gasteiger partial charge in [0, 0.05) is 15.8 Å².